The summed E-state index contributed by atoms with van der Waals surface area (Å²) in [6.07, 6.45) is 1.52. The maximum Gasteiger partial charge on any atom is 0.283 e. The minimum absolute atomic E-state index is 0.0421. The van der Waals surface area contributed by atoms with Crippen LogP contribution in [0.5, 0.6) is 0 Å². The number of rotatable bonds is 2. The van der Waals surface area contributed by atoms with Crippen LogP contribution in [0.1, 0.15) is 16.7 Å². The number of amidine groups is 2. The second-order valence-corrected chi connectivity index (χ2v) is 6.80. The van der Waals surface area contributed by atoms with Gasteiger partial charge >= 0.3 is 0 Å². The molecule has 1 amide bonds. The zero-order chi connectivity index (χ0) is 18.3. The van der Waals surface area contributed by atoms with Gasteiger partial charge in [0.2, 0.25) is 5.17 Å². The summed E-state index contributed by atoms with van der Waals surface area (Å²) in [4.78, 5) is 16.4. The summed E-state index contributed by atoms with van der Waals surface area (Å²) in [5, 5.41) is 15.2. The van der Waals surface area contributed by atoms with Crippen molar-refractivity contribution in [3.05, 3.63) is 76.6 Å². The number of fused-ring (bicyclic) bond motifs is 1. The van der Waals surface area contributed by atoms with E-state index >= 15 is 0 Å². The molecule has 0 spiro atoms. The van der Waals surface area contributed by atoms with Crippen LogP contribution in [0, 0.1) is 18.2 Å². The molecule has 2 aromatic rings. The molecule has 0 bridgehead atoms. The Morgan fingerprint density at radius 1 is 1.19 bits per heavy atom. The first kappa shape index (κ1) is 16.4. The van der Waals surface area contributed by atoms with Gasteiger partial charge in [-0.1, -0.05) is 35.9 Å². The van der Waals surface area contributed by atoms with Crippen molar-refractivity contribution in [3.63, 3.8) is 0 Å². The minimum atomic E-state index is -0.501. The standard InChI is InChI=1S/C19H13FN4OS/c1-11-3-2-4-13(9-11)18-23-24-16(21)15(17(25)22-19(24)26-18)10-12-5-7-14(20)8-6-12/h2-10,21H,1H3/b15-10+,21-16?. The normalized spacial score (nSPS) is 18.1. The van der Waals surface area contributed by atoms with Gasteiger partial charge in [-0.15, -0.1) is 0 Å². The lowest BCUT2D eigenvalue weighted by atomic mass is 10.1. The molecule has 0 atom stereocenters. The lowest BCUT2D eigenvalue weighted by Crippen LogP contribution is -2.35. The number of aliphatic imine (C=N–C) groups is 1. The predicted molar refractivity (Wildman–Crippen MR) is 102 cm³/mol. The van der Waals surface area contributed by atoms with E-state index in [1.165, 1.54) is 35.0 Å². The smallest absolute Gasteiger partial charge is 0.282 e. The summed E-state index contributed by atoms with van der Waals surface area (Å²) >= 11 is 1.26. The third-order valence-corrected chi connectivity index (χ3v) is 4.86. The van der Waals surface area contributed by atoms with Crippen molar-refractivity contribution in [1.82, 2.24) is 5.01 Å². The Morgan fingerprint density at radius 3 is 2.69 bits per heavy atom. The molecule has 7 heteroatoms. The summed E-state index contributed by atoms with van der Waals surface area (Å²) in [5.41, 5.74) is 2.75. The average molecular weight is 364 g/mol. The maximum atomic E-state index is 13.0. The number of hydrogen-bond acceptors (Lipinski definition) is 4. The minimum Gasteiger partial charge on any atom is -0.282 e. The van der Waals surface area contributed by atoms with E-state index in [9.17, 15) is 9.18 Å². The largest absolute Gasteiger partial charge is 0.283 e. The quantitative estimate of drug-likeness (QED) is 0.824. The number of thioether (sulfide) groups is 1. The first-order valence-electron chi connectivity index (χ1n) is 7.84. The van der Waals surface area contributed by atoms with Crippen LogP contribution in [0.2, 0.25) is 0 Å². The van der Waals surface area contributed by atoms with E-state index < -0.39 is 5.91 Å². The summed E-state index contributed by atoms with van der Waals surface area (Å²) in [6, 6.07) is 13.5. The fraction of sp³-hybridized carbons (Fsp3) is 0.0526. The lowest BCUT2D eigenvalue weighted by molar-refractivity contribution is -0.114. The molecule has 0 saturated heterocycles. The molecule has 4 rings (SSSR count). The van der Waals surface area contributed by atoms with Crippen LogP contribution in [-0.2, 0) is 4.79 Å². The molecule has 0 saturated carbocycles. The van der Waals surface area contributed by atoms with Crippen molar-refractivity contribution in [2.75, 3.05) is 0 Å². The molecular weight excluding hydrogens is 351 g/mol. The third kappa shape index (κ3) is 2.97. The van der Waals surface area contributed by atoms with Gasteiger partial charge in [0, 0.05) is 5.56 Å². The molecule has 26 heavy (non-hydrogen) atoms. The van der Waals surface area contributed by atoms with Gasteiger partial charge in [-0.3, -0.25) is 10.2 Å². The molecule has 0 radical (unpaired) electrons. The van der Waals surface area contributed by atoms with Crippen molar-refractivity contribution < 1.29 is 9.18 Å². The third-order valence-electron chi connectivity index (χ3n) is 3.90. The Balaban J connectivity index is 1.69. The highest BCUT2D eigenvalue weighted by atomic mass is 32.2. The fourth-order valence-electron chi connectivity index (χ4n) is 2.61. The number of hydrogen-bond donors (Lipinski definition) is 1. The van der Waals surface area contributed by atoms with E-state index in [1.807, 2.05) is 31.2 Å². The molecule has 5 nitrogen and oxygen atoms in total. The number of hydrazone groups is 1. The van der Waals surface area contributed by atoms with Gasteiger partial charge in [0.1, 0.15) is 10.9 Å². The Bertz CT molecular complexity index is 1020. The van der Waals surface area contributed by atoms with Crippen LogP contribution in [0.25, 0.3) is 6.08 Å². The number of aryl methyl sites for hydroxylation is 1. The molecular formula is C19H13FN4OS. The Morgan fingerprint density at radius 2 is 1.96 bits per heavy atom. The number of halogens is 1. The summed E-state index contributed by atoms with van der Waals surface area (Å²) in [5.74, 6) is -0.904. The van der Waals surface area contributed by atoms with E-state index in [0.29, 0.717) is 15.8 Å². The molecule has 0 unspecified atom stereocenters. The van der Waals surface area contributed by atoms with E-state index in [-0.39, 0.29) is 17.2 Å². The van der Waals surface area contributed by atoms with Crippen LogP contribution in [-0.4, -0.2) is 27.0 Å². The van der Waals surface area contributed by atoms with Crippen molar-refractivity contribution in [3.8, 4) is 0 Å². The molecule has 0 aliphatic carbocycles. The number of nitrogens with one attached hydrogen (secondary N) is 1. The number of carbonyl (C=O) groups is 1. The van der Waals surface area contributed by atoms with E-state index in [1.54, 1.807) is 12.1 Å². The van der Waals surface area contributed by atoms with Crippen LogP contribution in [0.3, 0.4) is 0 Å². The first-order chi connectivity index (χ1) is 12.5. The Kier molecular flexibility index (Phi) is 4.00. The average Bonchev–Trinajstić information content (AvgIpc) is 3.04. The number of benzene rings is 2. The van der Waals surface area contributed by atoms with Gasteiger partial charge in [-0.2, -0.15) is 15.1 Å². The molecule has 2 aliphatic heterocycles. The molecule has 2 aliphatic rings. The van der Waals surface area contributed by atoms with Crippen LogP contribution < -0.4 is 0 Å². The monoisotopic (exact) mass is 364 g/mol. The highest BCUT2D eigenvalue weighted by Gasteiger charge is 2.35. The topological polar surface area (TPSA) is 68.9 Å². The van der Waals surface area contributed by atoms with Gasteiger partial charge in [0.15, 0.2) is 5.84 Å². The zero-order valence-electron chi connectivity index (χ0n) is 13.7. The van der Waals surface area contributed by atoms with Gasteiger partial charge in [-0.05, 0) is 48.5 Å². The molecule has 128 valence electrons. The molecule has 1 N–H and O–H groups in total. The number of carbonyl (C=O) groups excluding carboxylic acids is 1. The lowest BCUT2D eigenvalue weighted by Gasteiger charge is -2.20. The fourth-order valence-corrected chi connectivity index (χ4v) is 3.50. The number of nitrogens with zero attached hydrogens (tertiary/aromatic N) is 3. The van der Waals surface area contributed by atoms with Crippen LogP contribution in [0.15, 0.2) is 64.2 Å². The molecule has 0 fully saturated rings. The first-order valence-corrected chi connectivity index (χ1v) is 8.66. The van der Waals surface area contributed by atoms with Gasteiger partial charge in [0.05, 0.1) is 5.57 Å². The van der Waals surface area contributed by atoms with Crippen molar-refractivity contribution in [1.29, 1.82) is 5.41 Å². The van der Waals surface area contributed by atoms with Crippen LogP contribution in [0.4, 0.5) is 4.39 Å². The SMILES string of the molecule is Cc1cccc(C2=NN3C(=N)/C(=C\c4ccc(F)cc4)C(=O)N=C3S2)c1. The van der Waals surface area contributed by atoms with Gasteiger partial charge in [0.25, 0.3) is 5.91 Å². The molecule has 0 aromatic heterocycles. The Labute approximate surface area is 153 Å². The Hall–Kier alpha value is -3.06. The summed E-state index contributed by atoms with van der Waals surface area (Å²) in [6.45, 7) is 1.99. The zero-order valence-corrected chi connectivity index (χ0v) is 14.5. The summed E-state index contributed by atoms with van der Waals surface area (Å²) in [7, 11) is 0. The second-order valence-electron chi connectivity index (χ2n) is 5.85. The van der Waals surface area contributed by atoms with E-state index in [2.05, 4.69) is 10.1 Å². The van der Waals surface area contributed by atoms with Crippen molar-refractivity contribution in [2.45, 2.75) is 6.92 Å². The second kappa shape index (κ2) is 6.34. The molecule has 2 aromatic carbocycles. The van der Waals surface area contributed by atoms with Gasteiger partial charge in [-0.25, -0.2) is 4.39 Å². The molecule has 2 heterocycles. The number of amides is 1. The highest BCUT2D eigenvalue weighted by molar-refractivity contribution is 8.27. The van der Waals surface area contributed by atoms with E-state index in [4.69, 9.17) is 5.41 Å². The predicted octanol–water partition coefficient (Wildman–Crippen LogP) is 3.80. The summed E-state index contributed by atoms with van der Waals surface area (Å²) < 4.78 is 13.0. The maximum absolute atomic E-state index is 13.0. The van der Waals surface area contributed by atoms with Crippen LogP contribution >= 0.6 is 11.8 Å². The van der Waals surface area contributed by atoms with Crippen molar-refractivity contribution in [2.24, 2.45) is 10.1 Å². The highest BCUT2D eigenvalue weighted by Crippen LogP contribution is 2.31. The van der Waals surface area contributed by atoms with Crippen molar-refractivity contribution >= 4 is 39.8 Å². The van der Waals surface area contributed by atoms with E-state index in [0.717, 1.165) is 11.1 Å². The van der Waals surface area contributed by atoms with Gasteiger partial charge < -0.3 is 0 Å².